The molecule has 0 aromatic heterocycles. The predicted molar refractivity (Wildman–Crippen MR) is 39.5 cm³/mol. The third-order valence-electron chi connectivity index (χ3n) is 1.27. The zero-order valence-corrected chi connectivity index (χ0v) is 7.50. The van der Waals surface area contributed by atoms with Crippen LogP contribution in [0, 0.1) is 0 Å². The molecule has 6 heteroatoms. The fourth-order valence-corrected chi connectivity index (χ4v) is 1.19. The van der Waals surface area contributed by atoms with E-state index in [9.17, 15) is 17.2 Å². The van der Waals surface area contributed by atoms with Crippen LogP contribution < -0.4 is 0 Å². The number of hydrogen-bond acceptors (Lipinski definition) is 2. The van der Waals surface area contributed by atoms with Crippen LogP contribution in [0.3, 0.4) is 0 Å². The number of rotatable bonds is 4. The summed E-state index contributed by atoms with van der Waals surface area (Å²) in [6.45, 7) is 1.31. The maximum absolute atomic E-state index is 11.5. The van der Waals surface area contributed by atoms with Crippen LogP contribution >= 0.6 is 10.7 Å². The quantitative estimate of drug-likeness (QED) is 0.660. The van der Waals surface area contributed by atoms with E-state index in [1.54, 1.807) is 0 Å². The van der Waals surface area contributed by atoms with Crippen LogP contribution in [0.1, 0.15) is 19.8 Å². The van der Waals surface area contributed by atoms with Crippen molar-refractivity contribution in [1.29, 1.82) is 0 Å². The lowest BCUT2D eigenvalue weighted by Crippen LogP contribution is -2.12. The van der Waals surface area contributed by atoms with Crippen molar-refractivity contribution in [2.75, 3.05) is 0 Å². The summed E-state index contributed by atoms with van der Waals surface area (Å²) in [5.41, 5.74) is 0. The van der Waals surface area contributed by atoms with Gasteiger partial charge in [-0.25, -0.2) is 17.2 Å². The molecule has 1 atom stereocenters. The van der Waals surface area contributed by atoms with E-state index in [4.69, 9.17) is 10.7 Å². The average Bonchev–Trinajstić information content (AvgIpc) is 1.80. The maximum atomic E-state index is 11.5. The summed E-state index contributed by atoms with van der Waals surface area (Å²) in [5.74, 6) is 0. The molecule has 11 heavy (non-hydrogen) atoms. The van der Waals surface area contributed by atoms with E-state index in [2.05, 4.69) is 0 Å². The maximum Gasteiger partial charge on any atom is 0.238 e. The Kier molecular flexibility index (Phi) is 4.25. The van der Waals surface area contributed by atoms with E-state index < -0.39 is 27.1 Å². The van der Waals surface area contributed by atoms with Gasteiger partial charge in [0.2, 0.25) is 15.5 Å². The molecule has 0 saturated carbocycles. The molecule has 0 aliphatic carbocycles. The first-order chi connectivity index (χ1) is 4.84. The summed E-state index contributed by atoms with van der Waals surface area (Å²) in [4.78, 5) is 0. The molecule has 0 radical (unpaired) electrons. The molecule has 0 rings (SSSR count). The van der Waals surface area contributed by atoms with Gasteiger partial charge in [0, 0.05) is 17.1 Å². The van der Waals surface area contributed by atoms with Crippen molar-refractivity contribution in [1.82, 2.24) is 0 Å². The minimum absolute atomic E-state index is 0.0938. The topological polar surface area (TPSA) is 34.1 Å². The van der Waals surface area contributed by atoms with Crippen molar-refractivity contribution in [2.45, 2.75) is 31.4 Å². The van der Waals surface area contributed by atoms with Gasteiger partial charge in [-0.1, -0.05) is 0 Å². The molecule has 0 amide bonds. The Bertz CT molecular complexity index is 203. The van der Waals surface area contributed by atoms with Gasteiger partial charge < -0.3 is 0 Å². The Balaban J connectivity index is 3.81. The molecule has 0 heterocycles. The highest BCUT2D eigenvalue weighted by atomic mass is 35.7. The second kappa shape index (κ2) is 4.21. The molecule has 0 N–H and O–H groups in total. The Morgan fingerprint density at radius 2 is 1.82 bits per heavy atom. The van der Waals surface area contributed by atoms with Crippen molar-refractivity contribution in [3.8, 4) is 0 Å². The minimum Gasteiger partial charge on any atom is -0.212 e. The highest BCUT2D eigenvalue weighted by Crippen LogP contribution is 2.15. The summed E-state index contributed by atoms with van der Waals surface area (Å²) in [7, 11) is 1.23. The van der Waals surface area contributed by atoms with Crippen LogP contribution in [0.25, 0.3) is 0 Å². The number of halogens is 3. The second-order valence-corrected chi connectivity index (χ2v) is 5.30. The van der Waals surface area contributed by atoms with Gasteiger partial charge in [0.1, 0.15) is 0 Å². The van der Waals surface area contributed by atoms with E-state index in [0.717, 1.165) is 0 Å². The normalized spacial score (nSPS) is 15.4. The van der Waals surface area contributed by atoms with Gasteiger partial charge in [-0.2, -0.15) is 0 Å². The lowest BCUT2D eigenvalue weighted by molar-refractivity contribution is 0.135. The largest absolute Gasteiger partial charge is 0.238 e. The fourth-order valence-electron chi connectivity index (χ4n) is 0.501. The Morgan fingerprint density at radius 1 is 1.36 bits per heavy atom. The van der Waals surface area contributed by atoms with Gasteiger partial charge in [0.25, 0.3) is 0 Å². The van der Waals surface area contributed by atoms with Crippen molar-refractivity contribution in [3.63, 3.8) is 0 Å². The van der Waals surface area contributed by atoms with Gasteiger partial charge in [-0.15, -0.1) is 0 Å². The molecule has 68 valence electrons. The van der Waals surface area contributed by atoms with Gasteiger partial charge >= 0.3 is 0 Å². The molecule has 0 aromatic carbocycles. The van der Waals surface area contributed by atoms with E-state index >= 15 is 0 Å². The Morgan fingerprint density at radius 3 is 2.09 bits per heavy atom. The van der Waals surface area contributed by atoms with Gasteiger partial charge in [-0.05, 0) is 13.3 Å². The van der Waals surface area contributed by atoms with Crippen LogP contribution in [0.15, 0.2) is 0 Å². The summed E-state index contributed by atoms with van der Waals surface area (Å²) < 4.78 is 44.0. The lowest BCUT2D eigenvalue weighted by Gasteiger charge is -2.05. The summed E-state index contributed by atoms with van der Waals surface area (Å²) in [6.07, 6.45) is -2.98. The molecule has 0 fully saturated rings. The van der Waals surface area contributed by atoms with E-state index in [-0.39, 0.29) is 6.42 Å². The van der Waals surface area contributed by atoms with E-state index in [1.807, 2.05) is 0 Å². The van der Waals surface area contributed by atoms with Gasteiger partial charge in [-0.3, -0.25) is 0 Å². The molecule has 0 aliphatic heterocycles. The second-order valence-electron chi connectivity index (χ2n) is 2.25. The molecular weight excluding hydrogens is 198 g/mol. The highest BCUT2D eigenvalue weighted by Gasteiger charge is 2.18. The van der Waals surface area contributed by atoms with Crippen LogP contribution in [0.4, 0.5) is 8.78 Å². The zero-order chi connectivity index (χ0) is 9.07. The van der Waals surface area contributed by atoms with Gasteiger partial charge in [0.05, 0.1) is 5.25 Å². The van der Waals surface area contributed by atoms with Crippen LogP contribution in [0.5, 0.6) is 0 Å². The zero-order valence-electron chi connectivity index (χ0n) is 5.93. The van der Waals surface area contributed by atoms with E-state index in [1.165, 1.54) is 6.92 Å². The van der Waals surface area contributed by atoms with Gasteiger partial charge in [0.15, 0.2) is 0 Å². The number of hydrogen-bond donors (Lipinski definition) is 0. The van der Waals surface area contributed by atoms with Crippen molar-refractivity contribution >= 4 is 19.7 Å². The molecule has 0 aromatic rings. The molecule has 0 spiro atoms. The molecular formula is C5H9ClF2O2S. The smallest absolute Gasteiger partial charge is 0.212 e. The Labute approximate surface area is 69.0 Å². The summed E-state index contributed by atoms with van der Waals surface area (Å²) in [6, 6.07) is 0. The molecule has 0 bridgehead atoms. The number of alkyl halides is 2. The van der Waals surface area contributed by atoms with Crippen molar-refractivity contribution in [3.05, 3.63) is 0 Å². The lowest BCUT2D eigenvalue weighted by atomic mass is 10.2. The monoisotopic (exact) mass is 206 g/mol. The SMILES string of the molecule is CC(CCC(F)F)S(=O)(=O)Cl. The summed E-state index contributed by atoms with van der Waals surface area (Å²) in [5, 5.41) is -0.891. The predicted octanol–water partition coefficient (Wildman–Crippen LogP) is 1.99. The van der Waals surface area contributed by atoms with Crippen LogP contribution in [-0.2, 0) is 9.05 Å². The first kappa shape index (κ1) is 11.1. The first-order valence-corrected chi connectivity index (χ1v) is 5.43. The molecule has 1 unspecified atom stereocenters. The minimum atomic E-state index is -3.66. The van der Waals surface area contributed by atoms with Crippen molar-refractivity contribution in [2.24, 2.45) is 0 Å². The van der Waals surface area contributed by atoms with Crippen LogP contribution in [0.2, 0.25) is 0 Å². The third kappa shape index (κ3) is 5.38. The molecule has 2 nitrogen and oxygen atoms in total. The molecule has 0 saturated heterocycles. The van der Waals surface area contributed by atoms with E-state index in [0.29, 0.717) is 0 Å². The summed E-state index contributed by atoms with van der Waals surface area (Å²) >= 11 is 0. The fraction of sp³-hybridized carbons (Fsp3) is 1.00. The first-order valence-electron chi connectivity index (χ1n) is 3.05. The Hall–Kier alpha value is 0.1000. The molecule has 0 aliphatic rings. The standard InChI is InChI=1S/C5H9ClF2O2S/c1-4(11(6,9)10)2-3-5(7)8/h4-5H,2-3H2,1H3. The van der Waals surface area contributed by atoms with Crippen molar-refractivity contribution < 1.29 is 17.2 Å². The van der Waals surface area contributed by atoms with Crippen LogP contribution in [-0.4, -0.2) is 20.1 Å². The third-order valence-corrected chi connectivity index (χ3v) is 3.38. The average molecular weight is 207 g/mol. The highest BCUT2D eigenvalue weighted by molar-refractivity contribution is 8.14.